The summed E-state index contributed by atoms with van der Waals surface area (Å²) in [5.74, 6) is 0.749. The molecule has 1 aromatic heterocycles. The van der Waals surface area contributed by atoms with E-state index in [2.05, 4.69) is 15.6 Å². The fraction of sp³-hybridized carbons (Fsp3) is 0.444. The van der Waals surface area contributed by atoms with Crippen molar-refractivity contribution in [2.24, 2.45) is 0 Å². The van der Waals surface area contributed by atoms with Gasteiger partial charge in [-0.3, -0.25) is 4.79 Å². The summed E-state index contributed by atoms with van der Waals surface area (Å²) in [5.41, 5.74) is 1.73. The van der Waals surface area contributed by atoms with Crippen molar-refractivity contribution in [3.63, 3.8) is 0 Å². The molecule has 0 fully saturated rings. The number of carbonyl (C=O) groups is 1. The highest BCUT2D eigenvalue weighted by Gasteiger charge is 2.15. The lowest BCUT2D eigenvalue weighted by Crippen LogP contribution is -2.33. The van der Waals surface area contributed by atoms with Gasteiger partial charge in [0.2, 0.25) is 0 Å². The van der Waals surface area contributed by atoms with E-state index in [1.165, 1.54) is 11.3 Å². The van der Waals surface area contributed by atoms with Crippen molar-refractivity contribution in [3.05, 3.63) is 34.8 Å². The lowest BCUT2D eigenvalue weighted by atomic mass is 10.2. The van der Waals surface area contributed by atoms with E-state index in [0.717, 1.165) is 28.6 Å². The molecule has 0 radical (unpaired) electrons. The number of benzene rings is 1. The number of halogens is 2. The Hall–Kier alpha value is -1.38. The van der Waals surface area contributed by atoms with E-state index >= 15 is 0 Å². The van der Waals surface area contributed by atoms with Crippen LogP contribution < -0.4 is 15.4 Å². The van der Waals surface area contributed by atoms with E-state index in [9.17, 15) is 4.79 Å². The number of nitrogens with one attached hydrogen (secondary N) is 2. The topological polar surface area (TPSA) is 72.5 Å². The lowest BCUT2D eigenvalue weighted by molar-refractivity contribution is 0.0957. The molecule has 0 atom stereocenters. The minimum Gasteiger partial charge on any atom is -0.494 e. The number of aromatic nitrogens is 1. The fourth-order valence-corrected chi connectivity index (χ4v) is 3.22. The Labute approximate surface area is 176 Å². The van der Waals surface area contributed by atoms with E-state index in [0.29, 0.717) is 31.2 Å². The highest BCUT2D eigenvalue weighted by Crippen LogP contribution is 2.29. The van der Waals surface area contributed by atoms with Crippen molar-refractivity contribution >= 4 is 42.1 Å². The Bertz CT molecular complexity index is 681. The molecule has 1 aromatic carbocycles. The van der Waals surface area contributed by atoms with Crippen LogP contribution in [0.15, 0.2) is 24.3 Å². The zero-order valence-corrected chi connectivity index (χ0v) is 18.2. The molecule has 2 N–H and O–H groups in total. The number of hydrogen-bond donors (Lipinski definition) is 2. The number of nitrogens with zero attached hydrogens (tertiary/aromatic N) is 1. The Balaban J connectivity index is 0.00000338. The maximum atomic E-state index is 12.3. The molecular formula is C18H27Cl2N3O3S. The number of rotatable bonds is 10. The average Bonchev–Trinajstić information content (AvgIpc) is 3.00. The quantitative estimate of drug-likeness (QED) is 0.559. The molecule has 27 heavy (non-hydrogen) atoms. The van der Waals surface area contributed by atoms with E-state index in [1.807, 2.05) is 38.1 Å². The van der Waals surface area contributed by atoms with Crippen LogP contribution in [0.5, 0.6) is 5.75 Å². The lowest BCUT2D eigenvalue weighted by Gasteiger charge is -2.05. The van der Waals surface area contributed by atoms with Gasteiger partial charge in [0.1, 0.15) is 15.6 Å². The molecule has 2 rings (SSSR count). The van der Waals surface area contributed by atoms with Gasteiger partial charge in [-0.25, -0.2) is 4.98 Å². The number of hydrogen-bond acceptors (Lipinski definition) is 6. The molecule has 2 aromatic rings. The molecule has 0 saturated carbocycles. The van der Waals surface area contributed by atoms with Gasteiger partial charge in [-0.1, -0.05) is 0 Å². The Morgan fingerprint density at radius 3 is 2.48 bits per heavy atom. The molecule has 0 spiro atoms. The molecule has 0 aliphatic rings. The van der Waals surface area contributed by atoms with Gasteiger partial charge < -0.3 is 20.1 Å². The summed E-state index contributed by atoms with van der Waals surface area (Å²) < 4.78 is 10.4. The summed E-state index contributed by atoms with van der Waals surface area (Å²) >= 11 is 1.41. The van der Waals surface area contributed by atoms with Crippen LogP contribution in [0.4, 0.5) is 0 Å². The SMILES string of the molecule is CCOc1ccc(-c2nc(C)c(C(=O)NCCNCCOC)s2)cc1.Cl.Cl. The first-order chi connectivity index (χ1) is 12.2. The van der Waals surface area contributed by atoms with Crippen molar-refractivity contribution in [3.8, 4) is 16.3 Å². The fourth-order valence-electron chi connectivity index (χ4n) is 2.23. The van der Waals surface area contributed by atoms with Crippen molar-refractivity contribution in [2.45, 2.75) is 13.8 Å². The first-order valence-electron chi connectivity index (χ1n) is 8.34. The molecule has 0 bridgehead atoms. The monoisotopic (exact) mass is 435 g/mol. The van der Waals surface area contributed by atoms with Gasteiger partial charge in [0.05, 0.1) is 18.9 Å². The predicted octanol–water partition coefficient (Wildman–Crippen LogP) is 3.33. The molecule has 1 heterocycles. The van der Waals surface area contributed by atoms with Crippen molar-refractivity contribution in [1.82, 2.24) is 15.6 Å². The van der Waals surface area contributed by atoms with Crippen molar-refractivity contribution in [1.29, 1.82) is 0 Å². The van der Waals surface area contributed by atoms with Crippen LogP contribution in [0, 0.1) is 6.92 Å². The molecular weight excluding hydrogens is 409 g/mol. The summed E-state index contributed by atoms with van der Waals surface area (Å²) in [5, 5.41) is 6.94. The predicted molar refractivity (Wildman–Crippen MR) is 115 cm³/mol. The molecule has 152 valence electrons. The smallest absolute Gasteiger partial charge is 0.263 e. The van der Waals surface area contributed by atoms with Crippen LogP contribution in [0.25, 0.3) is 10.6 Å². The number of amides is 1. The molecule has 0 aliphatic heterocycles. The standard InChI is InChI=1S/C18H25N3O3S.2ClH/c1-4-24-15-7-5-14(6-8-15)18-21-13(2)16(25-18)17(22)20-10-9-19-11-12-23-3;;/h5-8,19H,4,9-12H2,1-3H3,(H,20,22);2*1H. The number of carbonyl (C=O) groups excluding carboxylic acids is 1. The molecule has 0 unspecified atom stereocenters. The zero-order valence-electron chi connectivity index (χ0n) is 15.7. The minimum atomic E-state index is -0.0827. The third-order valence-electron chi connectivity index (χ3n) is 3.49. The van der Waals surface area contributed by atoms with Gasteiger partial charge in [0.25, 0.3) is 5.91 Å². The van der Waals surface area contributed by atoms with Crippen LogP contribution in [0.1, 0.15) is 22.3 Å². The molecule has 9 heteroatoms. The second-order valence-corrected chi connectivity index (χ2v) is 6.39. The maximum Gasteiger partial charge on any atom is 0.263 e. The summed E-state index contributed by atoms with van der Waals surface area (Å²) in [7, 11) is 1.66. The van der Waals surface area contributed by atoms with E-state index in [4.69, 9.17) is 9.47 Å². The van der Waals surface area contributed by atoms with Gasteiger partial charge in [0, 0.05) is 32.3 Å². The highest BCUT2D eigenvalue weighted by molar-refractivity contribution is 7.17. The van der Waals surface area contributed by atoms with Crippen LogP contribution >= 0.6 is 36.2 Å². The second-order valence-electron chi connectivity index (χ2n) is 5.39. The summed E-state index contributed by atoms with van der Waals surface area (Å²) in [6.07, 6.45) is 0. The second kappa shape index (κ2) is 13.7. The number of methoxy groups -OCH3 is 1. The zero-order chi connectivity index (χ0) is 18.1. The Morgan fingerprint density at radius 1 is 1.15 bits per heavy atom. The average molecular weight is 436 g/mol. The minimum absolute atomic E-state index is 0. The number of thiazole rings is 1. The van der Waals surface area contributed by atoms with Crippen LogP contribution in [0.2, 0.25) is 0 Å². The molecule has 0 aliphatic carbocycles. The van der Waals surface area contributed by atoms with Gasteiger partial charge in [0.15, 0.2) is 0 Å². The third kappa shape index (κ3) is 8.02. The largest absolute Gasteiger partial charge is 0.494 e. The van der Waals surface area contributed by atoms with Crippen molar-refractivity contribution < 1.29 is 14.3 Å². The van der Waals surface area contributed by atoms with Gasteiger partial charge >= 0.3 is 0 Å². The maximum absolute atomic E-state index is 12.3. The van der Waals surface area contributed by atoms with Crippen LogP contribution in [0.3, 0.4) is 0 Å². The first kappa shape index (κ1) is 25.6. The van der Waals surface area contributed by atoms with E-state index in [-0.39, 0.29) is 30.7 Å². The number of ether oxygens (including phenoxy) is 2. The summed E-state index contributed by atoms with van der Waals surface area (Å²) in [6.45, 7) is 7.16. The molecule has 0 saturated heterocycles. The van der Waals surface area contributed by atoms with E-state index < -0.39 is 0 Å². The first-order valence-corrected chi connectivity index (χ1v) is 9.15. The van der Waals surface area contributed by atoms with Gasteiger partial charge in [-0.15, -0.1) is 36.2 Å². The molecule has 1 amide bonds. The number of aryl methyl sites for hydroxylation is 1. The Morgan fingerprint density at radius 2 is 1.85 bits per heavy atom. The normalized spacial score (nSPS) is 9.89. The van der Waals surface area contributed by atoms with Crippen LogP contribution in [-0.2, 0) is 4.74 Å². The van der Waals surface area contributed by atoms with Gasteiger partial charge in [-0.2, -0.15) is 0 Å². The highest BCUT2D eigenvalue weighted by atomic mass is 35.5. The summed E-state index contributed by atoms with van der Waals surface area (Å²) in [4.78, 5) is 17.5. The Kier molecular flexibility index (Phi) is 13.0. The van der Waals surface area contributed by atoms with E-state index in [1.54, 1.807) is 7.11 Å². The van der Waals surface area contributed by atoms with Gasteiger partial charge in [-0.05, 0) is 38.1 Å². The summed E-state index contributed by atoms with van der Waals surface area (Å²) in [6, 6.07) is 7.76. The van der Waals surface area contributed by atoms with Crippen molar-refractivity contribution in [2.75, 3.05) is 40.0 Å². The third-order valence-corrected chi connectivity index (χ3v) is 4.69. The molecule has 6 nitrogen and oxygen atoms in total. The van der Waals surface area contributed by atoms with Crippen LogP contribution in [-0.4, -0.2) is 50.8 Å².